The summed E-state index contributed by atoms with van der Waals surface area (Å²) < 4.78 is 5.26. The van der Waals surface area contributed by atoms with Crippen LogP contribution in [0.3, 0.4) is 0 Å². The third-order valence-electron chi connectivity index (χ3n) is 3.77. The van der Waals surface area contributed by atoms with E-state index in [4.69, 9.17) is 4.74 Å². The van der Waals surface area contributed by atoms with E-state index in [2.05, 4.69) is 29.4 Å². The van der Waals surface area contributed by atoms with Crippen LogP contribution in [-0.4, -0.2) is 25.2 Å². The normalized spacial score (nSPS) is 20.0. The average molecular weight is 230 g/mol. The minimum atomic E-state index is 0.633. The molecular weight excluding hydrogens is 212 g/mol. The van der Waals surface area contributed by atoms with E-state index in [1.807, 2.05) is 6.07 Å². The van der Waals surface area contributed by atoms with Gasteiger partial charge in [0.15, 0.2) is 0 Å². The molecule has 0 amide bonds. The van der Waals surface area contributed by atoms with Gasteiger partial charge in [-0.15, -0.1) is 0 Å². The second-order valence-electron chi connectivity index (χ2n) is 4.76. The van der Waals surface area contributed by atoms with Crippen molar-refractivity contribution in [3.8, 4) is 5.75 Å². The van der Waals surface area contributed by atoms with Crippen molar-refractivity contribution in [2.24, 2.45) is 0 Å². The Bertz CT molecular complexity index is 538. The fourth-order valence-corrected chi connectivity index (χ4v) is 2.77. The summed E-state index contributed by atoms with van der Waals surface area (Å²) in [6, 6.07) is 6.25. The van der Waals surface area contributed by atoms with Gasteiger partial charge >= 0.3 is 0 Å². The molecule has 1 unspecified atom stereocenters. The Morgan fingerprint density at radius 1 is 1.35 bits per heavy atom. The monoisotopic (exact) mass is 230 g/mol. The molecule has 2 N–H and O–H groups in total. The van der Waals surface area contributed by atoms with Crippen LogP contribution in [0.15, 0.2) is 18.2 Å². The molecule has 3 nitrogen and oxygen atoms in total. The van der Waals surface area contributed by atoms with Crippen LogP contribution in [-0.2, 0) is 0 Å². The number of benzene rings is 1. The lowest BCUT2D eigenvalue weighted by Gasteiger charge is -2.06. The second-order valence-corrected chi connectivity index (χ2v) is 4.76. The van der Waals surface area contributed by atoms with Gasteiger partial charge in [0.1, 0.15) is 5.75 Å². The Morgan fingerprint density at radius 2 is 2.24 bits per heavy atom. The largest absolute Gasteiger partial charge is 0.497 e. The minimum absolute atomic E-state index is 0.633. The van der Waals surface area contributed by atoms with Crippen LogP contribution in [0.5, 0.6) is 5.75 Å². The van der Waals surface area contributed by atoms with E-state index in [0.29, 0.717) is 5.92 Å². The van der Waals surface area contributed by atoms with Gasteiger partial charge in [0.2, 0.25) is 0 Å². The maximum Gasteiger partial charge on any atom is 0.120 e. The third kappa shape index (κ3) is 1.71. The lowest BCUT2D eigenvalue weighted by atomic mass is 10.0. The lowest BCUT2D eigenvalue weighted by molar-refractivity contribution is 0.415. The van der Waals surface area contributed by atoms with Crippen molar-refractivity contribution in [3.05, 3.63) is 29.5 Å². The predicted molar refractivity (Wildman–Crippen MR) is 69.8 cm³/mol. The zero-order chi connectivity index (χ0) is 11.8. The van der Waals surface area contributed by atoms with Crippen molar-refractivity contribution in [1.29, 1.82) is 0 Å². The fraction of sp³-hybridized carbons (Fsp3) is 0.429. The van der Waals surface area contributed by atoms with Gasteiger partial charge in [-0.05, 0) is 37.6 Å². The number of hydrogen-bond acceptors (Lipinski definition) is 2. The van der Waals surface area contributed by atoms with Crippen molar-refractivity contribution < 1.29 is 4.74 Å². The van der Waals surface area contributed by atoms with Crippen LogP contribution < -0.4 is 10.1 Å². The molecule has 3 heteroatoms. The first-order valence-electron chi connectivity index (χ1n) is 6.16. The molecule has 1 aliphatic rings. The van der Waals surface area contributed by atoms with Crippen molar-refractivity contribution in [3.63, 3.8) is 0 Å². The molecular formula is C14H18N2O. The molecule has 0 saturated carbocycles. The number of ether oxygens (including phenoxy) is 1. The van der Waals surface area contributed by atoms with Crippen LogP contribution >= 0.6 is 0 Å². The van der Waals surface area contributed by atoms with E-state index in [1.165, 1.54) is 28.6 Å². The van der Waals surface area contributed by atoms with E-state index < -0.39 is 0 Å². The highest BCUT2D eigenvalue weighted by atomic mass is 16.5. The molecule has 1 aromatic heterocycles. The predicted octanol–water partition coefficient (Wildman–Crippen LogP) is 2.56. The van der Waals surface area contributed by atoms with Gasteiger partial charge in [-0.1, -0.05) is 0 Å². The van der Waals surface area contributed by atoms with Gasteiger partial charge in [0.05, 0.1) is 7.11 Å². The van der Waals surface area contributed by atoms with Gasteiger partial charge < -0.3 is 15.0 Å². The van der Waals surface area contributed by atoms with Crippen LogP contribution in [0.25, 0.3) is 10.9 Å². The van der Waals surface area contributed by atoms with Gasteiger partial charge in [-0.2, -0.15) is 0 Å². The van der Waals surface area contributed by atoms with Crippen molar-refractivity contribution in [1.82, 2.24) is 10.3 Å². The summed E-state index contributed by atoms with van der Waals surface area (Å²) >= 11 is 0. The summed E-state index contributed by atoms with van der Waals surface area (Å²) in [6.07, 6.45) is 1.23. The Labute approximate surface area is 101 Å². The Kier molecular flexibility index (Phi) is 2.56. The zero-order valence-corrected chi connectivity index (χ0v) is 10.3. The first-order valence-corrected chi connectivity index (χ1v) is 6.16. The fourth-order valence-electron chi connectivity index (χ4n) is 2.77. The number of methoxy groups -OCH3 is 1. The zero-order valence-electron chi connectivity index (χ0n) is 10.3. The molecule has 3 rings (SSSR count). The van der Waals surface area contributed by atoms with E-state index in [0.717, 1.165) is 18.8 Å². The summed E-state index contributed by atoms with van der Waals surface area (Å²) in [7, 11) is 1.71. The quantitative estimate of drug-likeness (QED) is 0.832. The maximum absolute atomic E-state index is 5.26. The van der Waals surface area contributed by atoms with Gasteiger partial charge in [0, 0.05) is 35.1 Å². The highest BCUT2D eigenvalue weighted by molar-refractivity contribution is 5.85. The molecule has 0 aliphatic carbocycles. The number of aromatic amines is 1. The number of H-pyrrole nitrogens is 1. The first-order chi connectivity index (χ1) is 8.29. The average Bonchev–Trinajstić information content (AvgIpc) is 2.97. The number of aryl methyl sites for hydroxylation is 1. The van der Waals surface area contributed by atoms with Crippen molar-refractivity contribution in [2.75, 3.05) is 20.2 Å². The standard InChI is InChI=1S/C14H18N2O/c1-9-12-4-3-11(17-2)7-13(12)16-14(9)10-5-6-15-8-10/h3-4,7,10,15-16H,5-6,8H2,1-2H3. The topological polar surface area (TPSA) is 37.0 Å². The number of rotatable bonds is 2. The molecule has 1 saturated heterocycles. The van der Waals surface area contributed by atoms with Crippen LogP contribution in [0.2, 0.25) is 0 Å². The summed E-state index contributed by atoms with van der Waals surface area (Å²) in [4.78, 5) is 3.56. The molecule has 0 radical (unpaired) electrons. The summed E-state index contributed by atoms with van der Waals surface area (Å²) in [5, 5.41) is 4.73. The van der Waals surface area contributed by atoms with E-state index in [9.17, 15) is 0 Å². The van der Waals surface area contributed by atoms with E-state index in [1.54, 1.807) is 7.11 Å². The second kappa shape index (κ2) is 4.08. The van der Waals surface area contributed by atoms with Gasteiger partial charge in [0.25, 0.3) is 0 Å². The third-order valence-corrected chi connectivity index (χ3v) is 3.77. The Hall–Kier alpha value is -1.48. The summed E-state index contributed by atoms with van der Waals surface area (Å²) in [5.41, 5.74) is 3.96. The summed E-state index contributed by atoms with van der Waals surface area (Å²) in [6.45, 7) is 4.42. The smallest absolute Gasteiger partial charge is 0.120 e. The highest BCUT2D eigenvalue weighted by Crippen LogP contribution is 2.31. The maximum atomic E-state index is 5.26. The number of nitrogens with one attached hydrogen (secondary N) is 2. The highest BCUT2D eigenvalue weighted by Gasteiger charge is 2.21. The lowest BCUT2D eigenvalue weighted by Crippen LogP contribution is -2.08. The molecule has 1 aliphatic heterocycles. The summed E-state index contributed by atoms with van der Waals surface area (Å²) in [5.74, 6) is 1.54. The van der Waals surface area contributed by atoms with E-state index >= 15 is 0 Å². The van der Waals surface area contributed by atoms with Crippen molar-refractivity contribution >= 4 is 10.9 Å². The molecule has 0 bridgehead atoms. The van der Waals surface area contributed by atoms with Crippen LogP contribution in [0.1, 0.15) is 23.6 Å². The van der Waals surface area contributed by atoms with Crippen molar-refractivity contribution in [2.45, 2.75) is 19.3 Å². The SMILES string of the molecule is COc1ccc2c(C)c(C3CCNC3)[nH]c2c1. The molecule has 90 valence electrons. The van der Waals surface area contributed by atoms with Gasteiger partial charge in [-0.25, -0.2) is 0 Å². The molecule has 1 atom stereocenters. The molecule has 1 fully saturated rings. The molecule has 17 heavy (non-hydrogen) atoms. The molecule has 0 spiro atoms. The minimum Gasteiger partial charge on any atom is -0.497 e. The molecule has 1 aromatic carbocycles. The Morgan fingerprint density at radius 3 is 2.94 bits per heavy atom. The number of fused-ring (bicyclic) bond motifs is 1. The Balaban J connectivity index is 2.10. The van der Waals surface area contributed by atoms with Crippen LogP contribution in [0, 0.1) is 6.92 Å². The van der Waals surface area contributed by atoms with Crippen LogP contribution in [0.4, 0.5) is 0 Å². The van der Waals surface area contributed by atoms with Gasteiger partial charge in [-0.3, -0.25) is 0 Å². The molecule has 2 aromatic rings. The van der Waals surface area contributed by atoms with E-state index in [-0.39, 0.29) is 0 Å². The first kappa shape index (κ1) is 10.7. The number of hydrogen-bond donors (Lipinski definition) is 2. The number of aromatic nitrogens is 1. The molecule has 2 heterocycles.